The van der Waals surface area contributed by atoms with Crippen LogP contribution in [0.5, 0.6) is 0 Å². The normalized spacial score (nSPS) is 6.67. The molecule has 6 heavy (non-hydrogen) atoms. The molecule has 0 saturated carbocycles. The Morgan fingerprint density at radius 2 is 2.33 bits per heavy atom. The van der Waals surface area contributed by atoms with Crippen LogP contribution < -0.4 is 0 Å². The summed E-state index contributed by atoms with van der Waals surface area (Å²) < 4.78 is 4.46. The van der Waals surface area contributed by atoms with E-state index in [-0.39, 0.29) is 31.1 Å². The van der Waals surface area contributed by atoms with E-state index in [1.165, 1.54) is 0 Å². The standard InChI is InChI=1S/C4H3O.U/c1-2-4-5-3-1;/h1-3H;/q-1;+2. The zero-order chi connectivity index (χ0) is 3.54. The van der Waals surface area contributed by atoms with Gasteiger partial charge in [-0.1, -0.05) is 6.26 Å². The van der Waals surface area contributed by atoms with Crippen molar-refractivity contribution in [2.24, 2.45) is 0 Å². The van der Waals surface area contributed by atoms with Crippen LogP contribution in [0.3, 0.4) is 0 Å². The molecule has 0 aliphatic carbocycles. The molecule has 1 aromatic rings. The molecule has 1 heterocycles. The fourth-order valence-electron chi connectivity index (χ4n) is 0.196. The van der Waals surface area contributed by atoms with Gasteiger partial charge >= 0.3 is 31.1 Å². The van der Waals surface area contributed by atoms with Crippen LogP contribution >= 0.6 is 0 Å². The molecule has 0 spiro atoms. The van der Waals surface area contributed by atoms with Crippen molar-refractivity contribution in [3.05, 3.63) is 24.7 Å². The summed E-state index contributed by atoms with van der Waals surface area (Å²) in [4.78, 5) is 0. The molecule has 1 rings (SSSR count). The zero-order valence-corrected chi connectivity index (χ0v) is 7.30. The summed E-state index contributed by atoms with van der Waals surface area (Å²) in [7, 11) is 0. The van der Waals surface area contributed by atoms with Gasteiger partial charge in [0, 0.05) is 0 Å². The summed E-state index contributed by atoms with van der Waals surface area (Å²) in [5.41, 5.74) is 0. The van der Waals surface area contributed by atoms with Gasteiger partial charge in [-0.25, -0.2) is 0 Å². The van der Waals surface area contributed by atoms with E-state index >= 15 is 0 Å². The first-order chi connectivity index (χ1) is 2.50. The van der Waals surface area contributed by atoms with E-state index in [4.69, 9.17) is 0 Å². The average molecular weight is 305 g/mol. The molecule has 0 unspecified atom stereocenters. The predicted octanol–water partition coefficient (Wildman–Crippen LogP) is 1.08. The SMILES string of the molecule is [U+2].[c-]1ccco1. The third-order valence-corrected chi connectivity index (χ3v) is 0.379. The second-order valence-electron chi connectivity index (χ2n) is 0.731. The van der Waals surface area contributed by atoms with E-state index in [1.807, 2.05) is 0 Å². The van der Waals surface area contributed by atoms with Crippen molar-refractivity contribution in [1.29, 1.82) is 0 Å². The molecule has 0 aromatic carbocycles. The molecule has 0 radical (unpaired) electrons. The van der Waals surface area contributed by atoms with Crippen LogP contribution in [-0.4, -0.2) is 0 Å². The van der Waals surface area contributed by atoms with Gasteiger partial charge in [0.25, 0.3) is 0 Å². The number of rotatable bonds is 0. The second kappa shape index (κ2) is 3.52. The number of hydrogen-bond acceptors (Lipinski definition) is 1. The zero-order valence-electron chi connectivity index (χ0n) is 3.14. The maximum Gasteiger partial charge on any atom is 2.00 e. The summed E-state index contributed by atoms with van der Waals surface area (Å²) in [6.45, 7) is 0. The van der Waals surface area contributed by atoms with E-state index < -0.39 is 0 Å². The van der Waals surface area contributed by atoms with Gasteiger partial charge in [-0.15, -0.1) is 6.07 Å². The van der Waals surface area contributed by atoms with E-state index in [0.29, 0.717) is 0 Å². The summed E-state index contributed by atoms with van der Waals surface area (Å²) >= 11 is 0. The summed E-state index contributed by atoms with van der Waals surface area (Å²) in [6, 6.07) is 3.49. The van der Waals surface area contributed by atoms with Crippen molar-refractivity contribution >= 4 is 0 Å². The number of furan rings is 1. The summed E-state index contributed by atoms with van der Waals surface area (Å²) in [5.74, 6) is 0. The van der Waals surface area contributed by atoms with Gasteiger partial charge in [0.15, 0.2) is 0 Å². The van der Waals surface area contributed by atoms with Gasteiger partial charge in [-0.3, -0.25) is 0 Å². The van der Waals surface area contributed by atoms with Gasteiger partial charge in [0.1, 0.15) is 0 Å². The van der Waals surface area contributed by atoms with Crippen LogP contribution in [0.15, 0.2) is 22.8 Å². The first-order valence-corrected chi connectivity index (χ1v) is 1.40. The molecule has 0 amide bonds. The van der Waals surface area contributed by atoms with Gasteiger partial charge in [0.2, 0.25) is 0 Å². The fourth-order valence-corrected chi connectivity index (χ4v) is 0.196. The van der Waals surface area contributed by atoms with Gasteiger partial charge < -0.3 is 4.42 Å². The van der Waals surface area contributed by atoms with Gasteiger partial charge in [-0.2, -0.15) is 6.07 Å². The van der Waals surface area contributed by atoms with Crippen molar-refractivity contribution in [2.75, 3.05) is 0 Å². The first-order valence-electron chi connectivity index (χ1n) is 1.40. The molecule has 1 nitrogen and oxygen atoms in total. The van der Waals surface area contributed by atoms with Crippen LogP contribution in [0.4, 0.5) is 0 Å². The summed E-state index contributed by atoms with van der Waals surface area (Å²) in [6.07, 6.45) is 4.06. The first kappa shape index (κ1) is 6.33. The third kappa shape index (κ3) is 1.69. The monoisotopic (exact) mass is 305 g/mol. The van der Waals surface area contributed by atoms with E-state index in [0.717, 1.165) is 0 Å². The molecular weight excluding hydrogens is 302 g/mol. The summed E-state index contributed by atoms with van der Waals surface area (Å²) in [5, 5.41) is 0. The molecule has 2 heteroatoms. The molecule has 0 bridgehead atoms. The van der Waals surface area contributed by atoms with Gasteiger partial charge in [0.05, 0.1) is 0 Å². The van der Waals surface area contributed by atoms with Crippen LogP contribution in [0.1, 0.15) is 0 Å². The molecule has 28 valence electrons. The van der Waals surface area contributed by atoms with Gasteiger partial charge in [-0.05, 0) is 6.26 Å². The van der Waals surface area contributed by atoms with Crippen LogP contribution in [-0.2, 0) is 0 Å². The largest absolute Gasteiger partial charge is 2.00 e. The van der Waals surface area contributed by atoms with Crippen molar-refractivity contribution < 1.29 is 35.5 Å². The minimum atomic E-state index is 0. The Bertz CT molecular complexity index is 64.0. The van der Waals surface area contributed by atoms with E-state index in [9.17, 15) is 0 Å². The Morgan fingerprint density at radius 3 is 2.50 bits per heavy atom. The quantitative estimate of drug-likeness (QED) is 0.654. The molecule has 0 atom stereocenters. The Balaban J connectivity index is 0.000000250. The van der Waals surface area contributed by atoms with E-state index in [2.05, 4.69) is 10.7 Å². The maximum atomic E-state index is 4.46. The molecule has 0 N–H and O–H groups in total. The molecule has 0 aliphatic rings. The van der Waals surface area contributed by atoms with Crippen LogP contribution in [0.25, 0.3) is 0 Å². The van der Waals surface area contributed by atoms with Crippen LogP contribution in [0, 0.1) is 37.4 Å². The second-order valence-corrected chi connectivity index (χ2v) is 0.731. The van der Waals surface area contributed by atoms with Crippen LogP contribution in [0.2, 0.25) is 0 Å². The Hall–Kier alpha value is 0.332. The van der Waals surface area contributed by atoms with Crippen molar-refractivity contribution in [3.8, 4) is 0 Å². The smallest absolute Gasteiger partial charge is 0.599 e. The predicted molar refractivity (Wildman–Crippen MR) is 17.5 cm³/mol. The number of hydrogen-bond donors (Lipinski definition) is 0. The topological polar surface area (TPSA) is 13.1 Å². The fraction of sp³-hybridized carbons (Fsp3) is 0. The Labute approximate surface area is 60.1 Å². The molecule has 0 saturated heterocycles. The minimum Gasteiger partial charge on any atom is -0.599 e. The minimum absolute atomic E-state index is 0. The van der Waals surface area contributed by atoms with E-state index in [1.54, 1.807) is 18.4 Å². The molecular formula is C4H3OU+. The van der Waals surface area contributed by atoms with Crippen molar-refractivity contribution in [2.45, 2.75) is 0 Å². The Morgan fingerprint density at radius 1 is 1.50 bits per heavy atom. The third-order valence-electron chi connectivity index (χ3n) is 0.379. The average Bonchev–Trinajstić information content (AvgIpc) is 1.76. The maximum absolute atomic E-state index is 4.46. The van der Waals surface area contributed by atoms with Crippen molar-refractivity contribution in [3.63, 3.8) is 0 Å². The Kier molecular flexibility index (Phi) is 3.71. The molecule has 0 aliphatic heterocycles. The van der Waals surface area contributed by atoms with Crippen molar-refractivity contribution in [1.82, 2.24) is 0 Å². The molecule has 0 fully saturated rings. The molecule has 1 aromatic heterocycles.